The zero-order valence-corrected chi connectivity index (χ0v) is 12.3. The Bertz CT molecular complexity index is 467. The molecule has 0 spiro atoms. The molecular weight excluding hydrogens is 434 g/mol. The van der Waals surface area contributed by atoms with Crippen LogP contribution >= 0.6 is 38.5 Å². The van der Waals surface area contributed by atoms with E-state index in [1.165, 1.54) is 6.07 Å². The predicted molar refractivity (Wildman–Crippen MR) is 67.6 cm³/mol. The smallest absolute Gasteiger partial charge is 0.481 e. The van der Waals surface area contributed by atoms with Crippen molar-refractivity contribution in [2.45, 2.75) is 18.1 Å². The van der Waals surface area contributed by atoms with Crippen molar-refractivity contribution in [3.05, 3.63) is 20.9 Å². The molecule has 0 radical (unpaired) electrons. The Balaban J connectivity index is 3.13. The largest absolute Gasteiger partial charge is 0.574 e. The van der Waals surface area contributed by atoms with Gasteiger partial charge in [0.25, 0.3) is 0 Å². The van der Waals surface area contributed by atoms with Crippen molar-refractivity contribution in [2.75, 3.05) is 0 Å². The number of alkyl halides is 4. The number of nitrogens with zero attached hydrogens (tertiary/aromatic N) is 1. The second kappa shape index (κ2) is 6.04. The van der Waals surface area contributed by atoms with E-state index in [1.54, 1.807) is 22.6 Å². The first-order valence-electron chi connectivity index (χ1n) is 4.44. The van der Waals surface area contributed by atoms with E-state index >= 15 is 0 Å². The molecule has 9 heteroatoms. The number of aromatic nitrogens is 1. The minimum atomic E-state index is -4.83. The second-order valence-corrected chi connectivity index (χ2v) is 4.86. The van der Waals surface area contributed by atoms with Gasteiger partial charge in [-0.05, 0) is 34.2 Å². The van der Waals surface area contributed by atoms with Crippen LogP contribution < -0.4 is 4.74 Å². The van der Waals surface area contributed by atoms with Crippen molar-refractivity contribution in [2.24, 2.45) is 0 Å². The Morgan fingerprint density at radius 3 is 2.61 bits per heavy atom. The highest BCUT2D eigenvalue weighted by atomic mass is 127. The molecule has 4 nitrogen and oxygen atoms in total. The van der Waals surface area contributed by atoms with E-state index in [-0.39, 0.29) is 21.0 Å². The minimum absolute atomic E-state index is 0.103. The van der Waals surface area contributed by atoms with Gasteiger partial charge in [0, 0.05) is 5.33 Å². The van der Waals surface area contributed by atoms with E-state index in [9.17, 15) is 18.0 Å². The van der Waals surface area contributed by atoms with Gasteiger partial charge in [-0.3, -0.25) is 4.79 Å². The average molecular weight is 440 g/mol. The van der Waals surface area contributed by atoms with Gasteiger partial charge in [-0.2, -0.15) is 0 Å². The molecule has 0 saturated carbocycles. The summed E-state index contributed by atoms with van der Waals surface area (Å²) in [7, 11) is 0. The van der Waals surface area contributed by atoms with Crippen LogP contribution in [0, 0.1) is 3.57 Å². The molecule has 1 N–H and O–H groups in total. The number of aliphatic carboxylic acids is 1. The number of carbonyl (C=O) groups is 1. The Kier molecular flexibility index (Phi) is 5.20. The van der Waals surface area contributed by atoms with Crippen LogP contribution in [0.15, 0.2) is 6.07 Å². The number of ether oxygens (including phenoxy) is 1. The van der Waals surface area contributed by atoms with Gasteiger partial charge in [0.1, 0.15) is 0 Å². The summed E-state index contributed by atoms with van der Waals surface area (Å²) in [6.45, 7) is 0. The summed E-state index contributed by atoms with van der Waals surface area (Å²) < 4.78 is 40.1. The number of pyridine rings is 1. The maximum Gasteiger partial charge on any atom is 0.574 e. The lowest BCUT2D eigenvalue weighted by Crippen LogP contribution is -2.19. The first-order chi connectivity index (χ1) is 8.23. The lowest BCUT2D eigenvalue weighted by atomic mass is 10.1. The standard InChI is InChI=1S/C9H6BrF3INO3/c10-3-6-4(2-7(16)17)1-5(14)8(15-6)18-9(11,12)13/h1H,2-3H2,(H,16,17). The van der Waals surface area contributed by atoms with E-state index < -0.39 is 18.2 Å². The summed E-state index contributed by atoms with van der Waals surface area (Å²) in [6.07, 6.45) is -5.14. The lowest BCUT2D eigenvalue weighted by Gasteiger charge is -2.12. The van der Waals surface area contributed by atoms with Crippen LogP contribution in [0.1, 0.15) is 11.3 Å². The van der Waals surface area contributed by atoms with Crippen LogP contribution in [0.4, 0.5) is 13.2 Å². The molecule has 0 bridgehead atoms. The summed E-state index contributed by atoms with van der Waals surface area (Å²) in [6, 6.07) is 1.32. The molecule has 18 heavy (non-hydrogen) atoms. The fraction of sp³-hybridized carbons (Fsp3) is 0.333. The van der Waals surface area contributed by atoms with Crippen LogP contribution in [0.25, 0.3) is 0 Å². The predicted octanol–water partition coefficient (Wildman–Crippen LogP) is 3.11. The number of rotatable bonds is 4. The van der Waals surface area contributed by atoms with E-state index in [0.29, 0.717) is 5.56 Å². The van der Waals surface area contributed by atoms with Crippen molar-refractivity contribution in [3.8, 4) is 5.88 Å². The molecule has 0 atom stereocenters. The normalized spacial score (nSPS) is 11.4. The van der Waals surface area contributed by atoms with Gasteiger partial charge in [-0.1, -0.05) is 15.9 Å². The first kappa shape index (κ1) is 15.5. The third-order valence-corrected chi connectivity index (χ3v) is 3.10. The second-order valence-electron chi connectivity index (χ2n) is 3.13. The molecule has 0 amide bonds. The van der Waals surface area contributed by atoms with Crippen molar-refractivity contribution >= 4 is 44.5 Å². The third kappa shape index (κ3) is 4.59. The maximum absolute atomic E-state index is 12.1. The molecule has 0 saturated heterocycles. The lowest BCUT2D eigenvalue weighted by molar-refractivity contribution is -0.276. The van der Waals surface area contributed by atoms with Gasteiger partial charge in [0.15, 0.2) is 0 Å². The Hall–Kier alpha value is -0.580. The van der Waals surface area contributed by atoms with Crippen LogP contribution in [0.3, 0.4) is 0 Å². The summed E-state index contributed by atoms with van der Waals surface area (Å²) in [5, 5.41) is 8.82. The van der Waals surface area contributed by atoms with Gasteiger partial charge in [0.2, 0.25) is 5.88 Å². The Labute approximate surface area is 122 Å². The summed E-state index contributed by atoms with van der Waals surface area (Å²) >= 11 is 4.65. The van der Waals surface area contributed by atoms with Crippen LogP contribution in [-0.2, 0) is 16.5 Å². The number of hydrogen-bond donors (Lipinski definition) is 1. The van der Waals surface area contributed by atoms with E-state index in [4.69, 9.17) is 5.11 Å². The van der Waals surface area contributed by atoms with Crippen molar-refractivity contribution in [3.63, 3.8) is 0 Å². The van der Waals surface area contributed by atoms with Gasteiger partial charge >= 0.3 is 12.3 Å². The monoisotopic (exact) mass is 439 g/mol. The number of halogens is 5. The number of carboxylic acid groups (broad SMARTS) is 1. The van der Waals surface area contributed by atoms with Gasteiger partial charge in [-0.25, -0.2) is 4.98 Å². The topological polar surface area (TPSA) is 59.4 Å². The zero-order valence-electron chi connectivity index (χ0n) is 8.59. The fourth-order valence-electron chi connectivity index (χ4n) is 1.16. The highest BCUT2D eigenvalue weighted by Gasteiger charge is 2.33. The highest BCUT2D eigenvalue weighted by molar-refractivity contribution is 14.1. The van der Waals surface area contributed by atoms with Gasteiger partial charge in [-0.15, -0.1) is 13.2 Å². The summed E-state index contributed by atoms with van der Waals surface area (Å²) in [5.41, 5.74) is 0.551. The molecule has 0 aliphatic rings. The SMILES string of the molecule is O=C(O)Cc1cc(I)c(OC(F)(F)F)nc1CBr. The van der Waals surface area contributed by atoms with E-state index in [1.807, 2.05) is 0 Å². The summed E-state index contributed by atoms with van der Waals surface area (Å²) in [4.78, 5) is 14.3. The average Bonchev–Trinajstić information content (AvgIpc) is 2.19. The third-order valence-electron chi connectivity index (χ3n) is 1.79. The van der Waals surface area contributed by atoms with Crippen LogP contribution in [-0.4, -0.2) is 22.4 Å². The van der Waals surface area contributed by atoms with Crippen molar-refractivity contribution < 1.29 is 27.8 Å². The molecular formula is C9H6BrF3INO3. The Morgan fingerprint density at radius 1 is 1.56 bits per heavy atom. The van der Waals surface area contributed by atoms with Crippen LogP contribution in [0.5, 0.6) is 5.88 Å². The molecule has 0 aliphatic heterocycles. The molecule has 1 heterocycles. The zero-order chi connectivity index (χ0) is 13.9. The van der Waals surface area contributed by atoms with E-state index in [0.717, 1.165) is 0 Å². The Morgan fingerprint density at radius 2 is 2.17 bits per heavy atom. The van der Waals surface area contributed by atoms with Crippen molar-refractivity contribution in [1.82, 2.24) is 4.98 Å². The molecule has 1 aromatic heterocycles. The minimum Gasteiger partial charge on any atom is -0.481 e. The van der Waals surface area contributed by atoms with E-state index in [2.05, 4.69) is 25.7 Å². The van der Waals surface area contributed by atoms with Crippen molar-refractivity contribution in [1.29, 1.82) is 0 Å². The molecule has 100 valence electrons. The van der Waals surface area contributed by atoms with Crippen LogP contribution in [0.2, 0.25) is 0 Å². The molecule has 1 aromatic rings. The van der Waals surface area contributed by atoms with Gasteiger partial charge in [0.05, 0.1) is 15.7 Å². The number of carboxylic acids is 1. The summed E-state index contributed by atoms with van der Waals surface area (Å²) in [5.74, 6) is -1.66. The number of hydrogen-bond acceptors (Lipinski definition) is 3. The molecule has 0 aromatic carbocycles. The molecule has 0 aliphatic carbocycles. The molecule has 0 unspecified atom stereocenters. The maximum atomic E-state index is 12.1. The highest BCUT2D eigenvalue weighted by Crippen LogP contribution is 2.28. The molecule has 0 fully saturated rings. The fourth-order valence-corrected chi connectivity index (χ4v) is 2.25. The molecule has 1 rings (SSSR count). The quantitative estimate of drug-likeness (QED) is 0.578. The van der Waals surface area contributed by atoms with Gasteiger partial charge < -0.3 is 9.84 Å². The first-order valence-corrected chi connectivity index (χ1v) is 6.64.